The number of hydrogen-bond acceptors (Lipinski definition) is 7. The molecule has 0 spiro atoms. The summed E-state index contributed by atoms with van der Waals surface area (Å²) >= 11 is 2.85. The normalized spacial score (nSPS) is 11.3. The van der Waals surface area contributed by atoms with E-state index in [-0.39, 0.29) is 29.9 Å². The quantitative estimate of drug-likeness (QED) is 0.531. The van der Waals surface area contributed by atoms with Gasteiger partial charge < -0.3 is 5.73 Å². The van der Waals surface area contributed by atoms with E-state index in [4.69, 9.17) is 5.73 Å². The summed E-state index contributed by atoms with van der Waals surface area (Å²) in [5, 5.41) is 2.72. The zero-order chi connectivity index (χ0) is 22.7. The first kappa shape index (κ1) is 23.0. The number of aromatic nitrogens is 3. The Morgan fingerprint density at radius 1 is 1.35 bits per heavy atom. The van der Waals surface area contributed by atoms with Crippen LogP contribution < -0.4 is 21.9 Å². The Labute approximate surface area is 188 Å². The van der Waals surface area contributed by atoms with Crippen LogP contribution in [0.4, 0.5) is 11.5 Å². The van der Waals surface area contributed by atoms with Gasteiger partial charge >= 0.3 is 5.69 Å². The number of carbonyl (C=O) groups excluding carboxylic acids is 1. The molecule has 0 atom stereocenters. The summed E-state index contributed by atoms with van der Waals surface area (Å²) in [4.78, 5) is 48.4. The summed E-state index contributed by atoms with van der Waals surface area (Å²) in [7, 11) is 0. The SMILES string of the molecule is CCCCn1c(N)c(N(CC(C)C)C(=O)c2sc(-c3cccs3)nc2C)c(=O)[nH]c1=O. The molecule has 3 rings (SSSR count). The van der Waals surface area contributed by atoms with Crippen LogP contribution in [0.5, 0.6) is 0 Å². The summed E-state index contributed by atoms with van der Waals surface area (Å²) in [6.45, 7) is 8.34. The number of thiazole rings is 1. The average Bonchev–Trinajstić information content (AvgIpc) is 3.35. The van der Waals surface area contributed by atoms with Crippen LogP contribution in [0, 0.1) is 12.8 Å². The van der Waals surface area contributed by atoms with Gasteiger partial charge in [0.15, 0.2) is 5.69 Å². The standard InChI is InChI=1S/C21H27N5O3S2/c1-5-6-9-25-17(22)15(18(27)24-21(25)29)26(11-12(2)3)20(28)16-13(4)23-19(31-16)14-8-7-10-30-14/h7-8,10,12H,5-6,9,11,22H2,1-4H3,(H,24,27,29). The summed E-state index contributed by atoms with van der Waals surface area (Å²) in [6, 6.07) is 3.89. The van der Waals surface area contributed by atoms with E-state index < -0.39 is 11.2 Å². The fraction of sp³-hybridized carbons (Fsp3) is 0.429. The number of nitrogen functional groups attached to an aromatic ring is 1. The molecular weight excluding hydrogens is 434 g/mol. The second-order valence-electron chi connectivity index (χ2n) is 7.72. The molecule has 3 aromatic rings. The lowest BCUT2D eigenvalue weighted by atomic mass is 10.2. The van der Waals surface area contributed by atoms with Gasteiger partial charge in [-0.1, -0.05) is 33.3 Å². The number of aryl methyl sites for hydroxylation is 1. The number of aromatic amines is 1. The monoisotopic (exact) mass is 461 g/mol. The third-order valence-electron chi connectivity index (χ3n) is 4.73. The number of thiophene rings is 1. The maximum absolute atomic E-state index is 13.6. The van der Waals surface area contributed by atoms with Gasteiger partial charge in [-0.2, -0.15) is 0 Å². The molecule has 0 aliphatic rings. The Kier molecular flexibility index (Phi) is 7.11. The number of amides is 1. The molecule has 166 valence electrons. The third-order valence-corrected chi connectivity index (χ3v) is 6.92. The van der Waals surface area contributed by atoms with Crippen LogP contribution in [0.15, 0.2) is 27.1 Å². The van der Waals surface area contributed by atoms with Crippen LogP contribution in [0.3, 0.4) is 0 Å². The Morgan fingerprint density at radius 3 is 2.71 bits per heavy atom. The second-order valence-corrected chi connectivity index (χ2v) is 9.67. The molecule has 0 saturated heterocycles. The van der Waals surface area contributed by atoms with Crippen molar-refractivity contribution in [2.45, 2.75) is 47.1 Å². The van der Waals surface area contributed by atoms with Gasteiger partial charge in [-0.3, -0.25) is 24.0 Å². The predicted octanol–water partition coefficient (Wildman–Crippen LogP) is 3.72. The summed E-state index contributed by atoms with van der Waals surface area (Å²) in [5.41, 5.74) is 5.66. The van der Waals surface area contributed by atoms with Crippen molar-refractivity contribution in [2.24, 2.45) is 5.92 Å². The van der Waals surface area contributed by atoms with E-state index in [1.807, 2.05) is 38.3 Å². The molecule has 10 heteroatoms. The molecule has 0 aromatic carbocycles. The number of H-pyrrole nitrogens is 1. The van der Waals surface area contributed by atoms with Gasteiger partial charge in [0.2, 0.25) is 0 Å². The first-order chi connectivity index (χ1) is 14.7. The van der Waals surface area contributed by atoms with Crippen LogP contribution in [-0.2, 0) is 6.54 Å². The fourth-order valence-electron chi connectivity index (χ4n) is 3.24. The first-order valence-electron chi connectivity index (χ1n) is 10.2. The van der Waals surface area contributed by atoms with Gasteiger partial charge in [0.05, 0.1) is 10.6 Å². The van der Waals surface area contributed by atoms with E-state index in [9.17, 15) is 14.4 Å². The summed E-state index contributed by atoms with van der Waals surface area (Å²) in [6.07, 6.45) is 1.59. The number of nitrogens with zero attached hydrogens (tertiary/aromatic N) is 3. The Hall–Kier alpha value is -2.72. The van der Waals surface area contributed by atoms with E-state index >= 15 is 0 Å². The number of carbonyl (C=O) groups is 1. The van der Waals surface area contributed by atoms with E-state index in [2.05, 4.69) is 9.97 Å². The van der Waals surface area contributed by atoms with Crippen LogP contribution in [0.25, 0.3) is 9.88 Å². The van der Waals surface area contributed by atoms with Crippen LogP contribution in [0.1, 0.15) is 49.0 Å². The van der Waals surface area contributed by atoms with Crippen molar-refractivity contribution in [3.63, 3.8) is 0 Å². The lowest BCUT2D eigenvalue weighted by molar-refractivity contribution is 0.0986. The van der Waals surface area contributed by atoms with Gasteiger partial charge in [0.25, 0.3) is 11.5 Å². The molecule has 1 amide bonds. The van der Waals surface area contributed by atoms with Gasteiger partial charge in [-0.05, 0) is 30.7 Å². The van der Waals surface area contributed by atoms with E-state index in [0.717, 1.165) is 22.7 Å². The number of rotatable bonds is 8. The zero-order valence-corrected chi connectivity index (χ0v) is 19.7. The third kappa shape index (κ3) is 4.80. The molecule has 0 radical (unpaired) electrons. The van der Waals surface area contributed by atoms with Crippen LogP contribution in [-0.4, -0.2) is 27.0 Å². The fourth-order valence-corrected chi connectivity index (χ4v) is 5.05. The minimum Gasteiger partial charge on any atom is -0.383 e. The zero-order valence-electron chi connectivity index (χ0n) is 18.1. The molecule has 3 aromatic heterocycles. The highest BCUT2D eigenvalue weighted by atomic mass is 32.1. The smallest absolute Gasteiger partial charge is 0.330 e. The largest absolute Gasteiger partial charge is 0.383 e. The highest BCUT2D eigenvalue weighted by molar-refractivity contribution is 7.22. The Bertz CT molecular complexity index is 1170. The molecule has 0 saturated carbocycles. The van der Waals surface area contributed by atoms with Crippen molar-refractivity contribution in [2.75, 3.05) is 17.2 Å². The lowest BCUT2D eigenvalue weighted by Gasteiger charge is -2.25. The number of nitrogens with one attached hydrogen (secondary N) is 1. The minimum absolute atomic E-state index is 0.0110. The van der Waals surface area contributed by atoms with E-state index in [1.54, 1.807) is 18.3 Å². The minimum atomic E-state index is -0.662. The Morgan fingerprint density at radius 2 is 2.10 bits per heavy atom. The highest BCUT2D eigenvalue weighted by Crippen LogP contribution is 2.33. The van der Waals surface area contributed by atoms with Crippen molar-refractivity contribution in [3.05, 3.63) is 48.9 Å². The van der Waals surface area contributed by atoms with Crippen molar-refractivity contribution in [3.8, 4) is 9.88 Å². The van der Waals surface area contributed by atoms with Crippen LogP contribution in [0.2, 0.25) is 0 Å². The molecule has 0 unspecified atom stereocenters. The number of nitrogens with two attached hydrogens (primary N) is 1. The van der Waals surface area contributed by atoms with Gasteiger partial charge in [0, 0.05) is 13.1 Å². The molecule has 0 aliphatic heterocycles. The number of unbranched alkanes of at least 4 members (excludes halogenated alkanes) is 1. The van der Waals surface area contributed by atoms with Gasteiger partial charge in [0.1, 0.15) is 15.7 Å². The Balaban J connectivity index is 2.11. The number of hydrogen-bond donors (Lipinski definition) is 2. The summed E-state index contributed by atoms with van der Waals surface area (Å²) in [5.74, 6) is -0.259. The highest BCUT2D eigenvalue weighted by Gasteiger charge is 2.29. The van der Waals surface area contributed by atoms with Crippen LogP contribution >= 0.6 is 22.7 Å². The molecule has 0 bridgehead atoms. The maximum atomic E-state index is 13.6. The molecule has 3 N–H and O–H groups in total. The molecule has 0 aliphatic carbocycles. The molecule has 3 heterocycles. The molecular formula is C21H27N5O3S2. The van der Waals surface area contributed by atoms with Gasteiger partial charge in [-0.15, -0.1) is 22.7 Å². The average molecular weight is 462 g/mol. The second kappa shape index (κ2) is 9.61. The number of anilines is 2. The van der Waals surface area contributed by atoms with Gasteiger partial charge in [-0.25, -0.2) is 9.78 Å². The molecule has 0 fully saturated rings. The first-order valence-corrected chi connectivity index (χ1v) is 11.9. The van der Waals surface area contributed by atoms with Crippen molar-refractivity contribution < 1.29 is 4.79 Å². The van der Waals surface area contributed by atoms with Crippen molar-refractivity contribution >= 4 is 40.1 Å². The van der Waals surface area contributed by atoms with Crippen molar-refractivity contribution in [1.29, 1.82) is 0 Å². The van der Waals surface area contributed by atoms with E-state index in [0.29, 0.717) is 17.1 Å². The summed E-state index contributed by atoms with van der Waals surface area (Å²) < 4.78 is 1.33. The van der Waals surface area contributed by atoms with Crippen molar-refractivity contribution in [1.82, 2.24) is 14.5 Å². The van der Waals surface area contributed by atoms with E-state index in [1.165, 1.54) is 20.8 Å². The topological polar surface area (TPSA) is 114 Å². The maximum Gasteiger partial charge on any atom is 0.330 e. The molecule has 8 nitrogen and oxygen atoms in total. The lowest BCUT2D eigenvalue weighted by Crippen LogP contribution is -2.42. The predicted molar refractivity (Wildman–Crippen MR) is 127 cm³/mol. The molecule has 31 heavy (non-hydrogen) atoms.